The van der Waals surface area contributed by atoms with Crippen LogP contribution in [0.15, 0.2) is 51.9 Å². The molecule has 0 saturated heterocycles. The number of hydrogen-bond donors (Lipinski definition) is 1. The summed E-state index contributed by atoms with van der Waals surface area (Å²) in [5, 5.41) is 3.76. The van der Waals surface area contributed by atoms with E-state index in [1.165, 1.54) is 50.6 Å². The van der Waals surface area contributed by atoms with E-state index in [4.69, 9.17) is 14.0 Å². The average molecular weight is 393 g/mol. The van der Waals surface area contributed by atoms with Crippen LogP contribution in [-0.4, -0.2) is 32.8 Å². The third kappa shape index (κ3) is 4.23. The van der Waals surface area contributed by atoms with E-state index in [0.29, 0.717) is 11.3 Å². The molecule has 0 aliphatic carbocycles. The summed E-state index contributed by atoms with van der Waals surface area (Å²) in [6.07, 6.45) is 0. The van der Waals surface area contributed by atoms with E-state index in [9.17, 15) is 12.8 Å². The van der Waals surface area contributed by atoms with Crippen molar-refractivity contribution in [3.05, 3.63) is 54.2 Å². The average Bonchev–Trinajstić information content (AvgIpc) is 3.15. The van der Waals surface area contributed by atoms with Crippen molar-refractivity contribution in [1.82, 2.24) is 14.9 Å². The number of rotatable bonds is 7. The molecule has 10 heteroatoms. The van der Waals surface area contributed by atoms with Gasteiger partial charge in [-0.25, -0.2) is 17.5 Å². The molecule has 0 atom stereocenters. The standard InChI is InChI=1S/C17H16FN3O5S/c1-24-13-7-8-14(25-2)15(9-13)27(22,23)19-10-16-20-17(21-26-16)11-3-5-12(18)6-4-11/h3-9,19H,10H2,1-2H3. The quantitative estimate of drug-likeness (QED) is 0.657. The lowest BCUT2D eigenvalue weighted by Gasteiger charge is -2.11. The molecule has 3 aromatic rings. The van der Waals surface area contributed by atoms with Crippen LogP contribution in [0.2, 0.25) is 0 Å². The van der Waals surface area contributed by atoms with Gasteiger partial charge in [0.1, 0.15) is 22.2 Å². The molecule has 27 heavy (non-hydrogen) atoms. The Morgan fingerprint density at radius 1 is 1.11 bits per heavy atom. The van der Waals surface area contributed by atoms with E-state index in [2.05, 4.69) is 14.9 Å². The van der Waals surface area contributed by atoms with Crippen molar-refractivity contribution < 1.29 is 26.8 Å². The summed E-state index contributed by atoms with van der Waals surface area (Å²) in [7, 11) is -1.13. The second-order valence-corrected chi connectivity index (χ2v) is 7.10. The van der Waals surface area contributed by atoms with Crippen molar-refractivity contribution >= 4 is 10.0 Å². The van der Waals surface area contributed by atoms with E-state index in [-0.39, 0.29) is 34.7 Å². The molecule has 0 amide bonds. The Morgan fingerprint density at radius 3 is 2.52 bits per heavy atom. The molecule has 8 nitrogen and oxygen atoms in total. The van der Waals surface area contributed by atoms with Crippen molar-refractivity contribution in [2.45, 2.75) is 11.4 Å². The van der Waals surface area contributed by atoms with Gasteiger partial charge in [0.05, 0.1) is 20.8 Å². The summed E-state index contributed by atoms with van der Waals surface area (Å²) in [5.74, 6) is 0.429. The molecule has 1 heterocycles. The number of ether oxygens (including phenoxy) is 2. The maximum absolute atomic E-state index is 13.0. The van der Waals surface area contributed by atoms with Gasteiger partial charge >= 0.3 is 0 Å². The maximum atomic E-state index is 13.0. The number of nitrogens with zero attached hydrogens (tertiary/aromatic N) is 2. The van der Waals surface area contributed by atoms with Crippen LogP contribution in [0.1, 0.15) is 5.89 Å². The molecular formula is C17H16FN3O5S. The molecule has 0 aliphatic heterocycles. The van der Waals surface area contributed by atoms with Gasteiger partial charge in [0, 0.05) is 11.6 Å². The highest BCUT2D eigenvalue weighted by molar-refractivity contribution is 7.89. The lowest BCUT2D eigenvalue weighted by molar-refractivity contribution is 0.375. The third-order valence-corrected chi connectivity index (χ3v) is 5.07. The predicted octanol–water partition coefficient (Wildman–Crippen LogP) is 2.37. The maximum Gasteiger partial charge on any atom is 0.244 e. The fourth-order valence-corrected chi connectivity index (χ4v) is 3.43. The first-order chi connectivity index (χ1) is 12.9. The fourth-order valence-electron chi connectivity index (χ4n) is 2.27. The summed E-state index contributed by atoms with van der Waals surface area (Å²) >= 11 is 0. The molecule has 1 N–H and O–H groups in total. The van der Waals surface area contributed by atoms with Gasteiger partial charge in [-0.1, -0.05) is 5.16 Å². The second kappa shape index (κ2) is 7.72. The highest BCUT2D eigenvalue weighted by Crippen LogP contribution is 2.28. The first-order valence-electron chi connectivity index (χ1n) is 7.73. The number of aromatic nitrogens is 2. The fraction of sp³-hybridized carbons (Fsp3) is 0.176. The largest absolute Gasteiger partial charge is 0.497 e. The van der Waals surface area contributed by atoms with Crippen molar-refractivity contribution in [3.63, 3.8) is 0 Å². The van der Waals surface area contributed by atoms with E-state index in [1.807, 2.05) is 0 Å². The van der Waals surface area contributed by atoms with E-state index in [0.717, 1.165) is 0 Å². The summed E-state index contributed by atoms with van der Waals surface area (Å²) in [5.41, 5.74) is 0.545. The second-order valence-electron chi connectivity index (χ2n) is 5.36. The minimum atomic E-state index is -3.93. The van der Waals surface area contributed by atoms with Crippen molar-refractivity contribution in [2.24, 2.45) is 0 Å². The number of methoxy groups -OCH3 is 2. The van der Waals surface area contributed by atoms with Crippen molar-refractivity contribution in [3.8, 4) is 22.9 Å². The molecule has 0 fully saturated rings. The van der Waals surface area contributed by atoms with Gasteiger partial charge in [0.25, 0.3) is 0 Å². The first kappa shape index (κ1) is 18.8. The van der Waals surface area contributed by atoms with Gasteiger partial charge < -0.3 is 14.0 Å². The lowest BCUT2D eigenvalue weighted by atomic mass is 10.2. The molecule has 1 aromatic heterocycles. The van der Waals surface area contributed by atoms with Crippen molar-refractivity contribution in [2.75, 3.05) is 14.2 Å². The smallest absolute Gasteiger partial charge is 0.244 e. The number of halogens is 1. The van der Waals surface area contributed by atoms with Gasteiger partial charge in [0.15, 0.2) is 0 Å². The lowest BCUT2D eigenvalue weighted by Crippen LogP contribution is -2.24. The molecule has 0 aliphatic rings. The first-order valence-corrected chi connectivity index (χ1v) is 9.21. The van der Waals surface area contributed by atoms with Crippen LogP contribution in [0.4, 0.5) is 4.39 Å². The molecular weight excluding hydrogens is 377 g/mol. The van der Waals surface area contributed by atoms with E-state index >= 15 is 0 Å². The topological polar surface area (TPSA) is 104 Å². The zero-order chi connectivity index (χ0) is 19.4. The molecule has 0 bridgehead atoms. The Labute approximate surface area is 155 Å². The SMILES string of the molecule is COc1ccc(OC)c(S(=O)(=O)NCc2nc(-c3ccc(F)cc3)no2)c1. The zero-order valence-corrected chi connectivity index (χ0v) is 15.3. The Bertz CT molecular complexity index is 1030. The van der Waals surface area contributed by atoms with Gasteiger partial charge in [-0.3, -0.25) is 0 Å². The number of sulfonamides is 1. The van der Waals surface area contributed by atoms with E-state index in [1.54, 1.807) is 6.07 Å². The van der Waals surface area contributed by atoms with Gasteiger partial charge in [-0.2, -0.15) is 4.98 Å². The van der Waals surface area contributed by atoms with Crippen LogP contribution in [0.25, 0.3) is 11.4 Å². The highest BCUT2D eigenvalue weighted by atomic mass is 32.2. The molecule has 3 rings (SSSR count). The van der Waals surface area contributed by atoms with Gasteiger partial charge in [0.2, 0.25) is 21.7 Å². The summed E-state index contributed by atoms with van der Waals surface area (Å²) in [6, 6.07) is 9.95. The Hall–Kier alpha value is -2.98. The molecule has 2 aromatic carbocycles. The van der Waals surface area contributed by atoms with Crippen LogP contribution >= 0.6 is 0 Å². The van der Waals surface area contributed by atoms with Crippen molar-refractivity contribution in [1.29, 1.82) is 0 Å². The van der Waals surface area contributed by atoms with Crippen LogP contribution in [-0.2, 0) is 16.6 Å². The minimum Gasteiger partial charge on any atom is -0.497 e. The Kier molecular flexibility index (Phi) is 5.38. The number of nitrogens with one attached hydrogen (secondary N) is 1. The van der Waals surface area contributed by atoms with Crippen LogP contribution in [0.5, 0.6) is 11.5 Å². The minimum absolute atomic E-state index is 0.0553. The van der Waals surface area contributed by atoms with Crippen LogP contribution in [0.3, 0.4) is 0 Å². The summed E-state index contributed by atoms with van der Waals surface area (Å²) < 4.78 is 55.7. The summed E-state index contributed by atoms with van der Waals surface area (Å²) in [6.45, 7) is -0.225. The summed E-state index contributed by atoms with van der Waals surface area (Å²) in [4.78, 5) is 4.02. The van der Waals surface area contributed by atoms with Gasteiger partial charge in [-0.05, 0) is 36.4 Å². The Balaban J connectivity index is 1.77. The van der Waals surface area contributed by atoms with Crippen LogP contribution in [0, 0.1) is 5.82 Å². The van der Waals surface area contributed by atoms with E-state index < -0.39 is 10.0 Å². The molecule has 0 radical (unpaired) electrons. The molecule has 142 valence electrons. The molecule has 0 saturated carbocycles. The van der Waals surface area contributed by atoms with Gasteiger partial charge in [-0.15, -0.1) is 0 Å². The predicted molar refractivity (Wildman–Crippen MR) is 93.3 cm³/mol. The normalized spacial score (nSPS) is 11.4. The monoisotopic (exact) mass is 393 g/mol. The van der Waals surface area contributed by atoms with Crippen LogP contribution < -0.4 is 14.2 Å². The highest BCUT2D eigenvalue weighted by Gasteiger charge is 2.21. The Morgan fingerprint density at radius 2 is 1.85 bits per heavy atom. The third-order valence-electron chi connectivity index (χ3n) is 3.64. The molecule has 0 unspecified atom stereocenters. The molecule has 0 spiro atoms. The zero-order valence-electron chi connectivity index (χ0n) is 14.5. The number of hydrogen-bond acceptors (Lipinski definition) is 7. The number of benzene rings is 2.